The third-order valence-corrected chi connectivity index (χ3v) is 2.46. The van der Waals surface area contributed by atoms with E-state index in [0.717, 1.165) is 12.4 Å². The molecular weight excluding hydrogens is 190 g/mol. The molecule has 4 heteroatoms. The quantitative estimate of drug-likeness (QED) is 0.655. The molecule has 0 heterocycles. The third-order valence-electron chi connectivity index (χ3n) is 1.50. The average molecular weight is 207 g/mol. The molecule has 1 unspecified atom stereocenters. The summed E-state index contributed by atoms with van der Waals surface area (Å²) in [6.45, 7) is 4.63. The van der Waals surface area contributed by atoms with Gasteiger partial charge in [-0.3, -0.25) is 4.79 Å². The van der Waals surface area contributed by atoms with Crippen molar-refractivity contribution in [1.82, 2.24) is 5.32 Å². The maximum absolute atomic E-state index is 11.1. The van der Waals surface area contributed by atoms with Crippen LogP contribution >= 0.6 is 0 Å². The summed E-state index contributed by atoms with van der Waals surface area (Å²) in [5, 5.41) is 3.16. The van der Waals surface area contributed by atoms with Gasteiger partial charge in [-0.1, -0.05) is 25.0 Å². The van der Waals surface area contributed by atoms with Gasteiger partial charge < -0.3 is 5.32 Å². The van der Waals surface area contributed by atoms with E-state index in [0.29, 0.717) is 12.2 Å². The summed E-state index contributed by atoms with van der Waals surface area (Å²) < 4.78 is 0. The molecule has 0 saturated carbocycles. The largest absolute Gasteiger partial charge is 0.307 e. The number of ketones is 1. The Hall–Kier alpha value is 0.200. The topological polar surface area (TPSA) is 29.1 Å². The van der Waals surface area contributed by atoms with E-state index in [1.807, 2.05) is 20.1 Å². The molecule has 2 nitrogen and oxygen atoms in total. The van der Waals surface area contributed by atoms with Crippen molar-refractivity contribution in [2.75, 3.05) is 18.7 Å². The SMILES string of the molecule is CC(C)C(=O)CCNCS(C)=S. The van der Waals surface area contributed by atoms with Gasteiger partial charge in [-0.15, -0.1) is 9.45 Å². The molecule has 0 aromatic rings. The maximum atomic E-state index is 11.1. The highest BCUT2D eigenvalue weighted by Gasteiger charge is 2.05. The van der Waals surface area contributed by atoms with Gasteiger partial charge in [-0.05, 0) is 6.26 Å². The summed E-state index contributed by atoms with van der Waals surface area (Å²) in [7, 11) is 0.0199. The summed E-state index contributed by atoms with van der Waals surface area (Å²) in [6, 6.07) is 0. The molecule has 0 aromatic heterocycles. The van der Waals surface area contributed by atoms with Gasteiger partial charge in [0.1, 0.15) is 5.78 Å². The van der Waals surface area contributed by atoms with Crippen LogP contribution in [-0.2, 0) is 25.4 Å². The molecule has 0 aromatic carbocycles. The number of Topliss-reactive ketones (excluding diaryl/α,β-unsaturated/α-hetero) is 1. The van der Waals surface area contributed by atoms with Gasteiger partial charge in [0.2, 0.25) is 0 Å². The lowest BCUT2D eigenvalue weighted by atomic mass is 10.1. The van der Waals surface area contributed by atoms with E-state index >= 15 is 0 Å². The molecule has 0 bridgehead atoms. The lowest BCUT2D eigenvalue weighted by Gasteiger charge is -2.05. The molecular formula is C8H17NOS2. The summed E-state index contributed by atoms with van der Waals surface area (Å²) >= 11 is 4.99. The Labute approximate surface area is 81.7 Å². The molecule has 0 fully saturated rings. The first-order valence-electron chi connectivity index (χ1n) is 4.07. The van der Waals surface area contributed by atoms with Gasteiger partial charge in [-0.2, -0.15) is 0 Å². The van der Waals surface area contributed by atoms with E-state index < -0.39 is 0 Å². The van der Waals surface area contributed by atoms with Crippen molar-refractivity contribution in [3.8, 4) is 0 Å². The van der Waals surface area contributed by atoms with Crippen molar-refractivity contribution >= 4 is 26.4 Å². The number of hydrogen-bond donors (Lipinski definition) is 1. The molecule has 0 aliphatic carbocycles. The van der Waals surface area contributed by atoms with Crippen molar-refractivity contribution < 1.29 is 4.79 Å². The second-order valence-corrected chi connectivity index (χ2v) is 6.23. The minimum Gasteiger partial charge on any atom is -0.307 e. The molecule has 12 heavy (non-hydrogen) atoms. The van der Waals surface area contributed by atoms with E-state index in [1.54, 1.807) is 0 Å². The zero-order valence-electron chi connectivity index (χ0n) is 7.92. The van der Waals surface area contributed by atoms with Crippen LogP contribution in [0, 0.1) is 5.92 Å². The van der Waals surface area contributed by atoms with Crippen LogP contribution in [0.15, 0.2) is 0 Å². The monoisotopic (exact) mass is 207 g/mol. The van der Waals surface area contributed by atoms with Crippen molar-refractivity contribution in [2.24, 2.45) is 5.92 Å². The molecule has 0 radical (unpaired) electrons. The number of carbonyl (C=O) groups is 1. The van der Waals surface area contributed by atoms with E-state index in [2.05, 4.69) is 5.32 Å². The number of hydrogen-bond acceptors (Lipinski definition) is 3. The summed E-state index contributed by atoms with van der Waals surface area (Å²) in [6.07, 6.45) is 2.64. The zero-order chi connectivity index (χ0) is 9.56. The third kappa shape index (κ3) is 6.88. The first kappa shape index (κ1) is 12.2. The van der Waals surface area contributed by atoms with Crippen LogP contribution in [-0.4, -0.2) is 24.5 Å². The molecule has 0 spiro atoms. The molecule has 1 N–H and O–H groups in total. The van der Waals surface area contributed by atoms with Gasteiger partial charge in [0.25, 0.3) is 0 Å². The van der Waals surface area contributed by atoms with Gasteiger partial charge in [-0.25, -0.2) is 0 Å². The van der Waals surface area contributed by atoms with Gasteiger partial charge >= 0.3 is 0 Å². The Balaban J connectivity index is 3.32. The standard InChI is InChI=1S/C8H17NOS2/c1-7(2)8(10)4-5-9-6-12(3)11/h7,9H,4-6H2,1-3H3. The highest BCUT2D eigenvalue weighted by atomic mass is 32.8. The van der Waals surface area contributed by atoms with Crippen molar-refractivity contribution in [2.45, 2.75) is 20.3 Å². The Morgan fingerprint density at radius 1 is 1.58 bits per heavy atom. The first-order chi connectivity index (χ1) is 5.54. The number of nitrogens with one attached hydrogen (secondary N) is 1. The highest BCUT2D eigenvalue weighted by Crippen LogP contribution is 1.96. The van der Waals surface area contributed by atoms with Crippen molar-refractivity contribution in [3.05, 3.63) is 0 Å². The van der Waals surface area contributed by atoms with Crippen LogP contribution in [0.2, 0.25) is 0 Å². The molecule has 0 saturated heterocycles. The fourth-order valence-electron chi connectivity index (χ4n) is 0.716. The van der Waals surface area contributed by atoms with Crippen LogP contribution < -0.4 is 5.32 Å². The summed E-state index contributed by atoms with van der Waals surface area (Å²) in [5.41, 5.74) is 0. The number of rotatable bonds is 6. The zero-order valence-corrected chi connectivity index (χ0v) is 9.56. The Kier molecular flexibility index (Phi) is 6.80. The smallest absolute Gasteiger partial charge is 0.136 e. The number of carbonyl (C=O) groups excluding carboxylic acids is 1. The highest BCUT2D eigenvalue weighted by molar-refractivity contribution is 8.28. The second-order valence-electron chi connectivity index (χ2n) is 3.09. The second kappa shape index (κ2) is 6.69. The fraction of sp³-hybridized carbons (Fsp3) is 0.875. The lowest BCUT2D eigenvalue weighted by molar-refractivity contribution is -0.121. The molecule has 1 atom stereocenters. The first-order valence-corrected chi connectivity index (χ1v) is 6.80. The summed E-state index contributed by atoms with van der Waals surface area (Å²) in [4.78, 5) is 11.1. The van der Waals surface area contributed by atoms with Crippen molar-refractivity contribution in [3.63, 3.8) is 0 Å². The molecule has 72 valence electrons. The van der Waals surface area contributed by atoms with Gasteiger partial charge in [0.15, 0.2) is 0 Å². The van der Waals surface area contributed by atoms with E-state index in [4.69, 9.17) is 11.2 Å². The average Bonchev–Trinajstić information content (AvgIpc) is 1.97. The van der Waals surface area contributed by atoms with Gasteiger partial charge in [0, 0.05) is 24.8 Å². The summed E-state index contributed by atoms with van der Waals surface area (Å²) in [5.74, 6) is 1.33. The van der Waals surface area contributed by atoms with Crippen LogP contribution in [0.1, 0.15) is 20.3 Å². The van der Waals surface area contributed by atoms with E-state index in [1.165, 1.54) is 0 Å². The minimum atomic E-state index is 0.0199. The van der Waals surface area contributed by atoms with Crippen LogP contribution in [0.25, 0.3) is 0 Å². The Morgan fingerprint density at radius 2 is 2.17 bits per heavy atom. The maximum Gasteiger partial charge on any atom is 0.136 e. The Bertz CT molecular complexity index is 168. The van der Waals surface area contributed by atoms with E-state index in [9.17, 15) is 4.79 Å². The normalized spacial score (nSPS) is 13.3. The van der Waals surface area contributed by atoms with Gasteiger partial charge in [0.05, 0.1) is 0 Å². The lowest BCUT2D eigenvalue weighted by Crippen LogP contribution is -2.22. The Morgan fingerprint density at radius 3 is 2.58 bits per heavy atom. The van der Waals surface area contributed by atoms with E-state index in [-0.39, 0.29) is 15.4 Å². The molecule has 0 amide bonds. The van der Waals surface area contributed by atoms with Crippen LogP contribution in [0.5, 0.6) is 0 Å². The predicted octanol–water partition coefficient (Wildman–Crippen LogP) is 0.859. The minimum absolute atomic E-state index is 0.0199. The van der Waals surface area contributed by atoms with Crippen molar-refractivity contribution in [1.29, 1.82) is 0 Å². The predicted molar refractivity (Wildman–Crippen MR) is 58.0 cm³/mol. The molecule has 0 rings (SSSR count). The molecule has 0 aliphatic rings. The molecule has 0 aliphatic heterocycles. The van der Waals surface area contributed by atoms with Crippen LogP contribution in [0.4, 0.5) is 0 Å². The van der Waals surface area contributed by atoms with Crippen LogP contribution in [0.3, 0.4) is 0 Å². The fourth-order valence-corrected chi connectivity index (χ4v) is 1.40.